The summed E-state index contributed by atoms with van der Waals surface area (Å²) in [6.07, 6.45) is 3.54. The summed E-state index contributed by atoms with van der Waals surface area (Å²) in [6, 6.07) is 28.7. The van der Waals surface area contributed by atoms with Crippen molar-refractivity contribution < 1.29 is 0 Å². The standard InChI is InChI=1S/C28H27BrN4/c1-3-4-8-21-11-13-22(14-12-21)20(2)32-33-27-19-26(23-9-6-5-7-10-23)30-28(31-27)24-15-17-25(29)18-16-24/h5-7,9-19H,3-4,8H2,1-2H3,(H,30,31,33). The normalized spacial score (nSPS) is 11.4. The first-order chi connectivity index (χ1) is 16.1. The number of unbranched alkanes of at least 4 members (excludes halogenated alkanes) is 1. The molecular formula is C28H27BrN4. The highest BCUT2D eigenvalue weighted by atomic mass is 79.9. The predicted molar refractivity (Wildman–Crippen MR) is 141 cm³/mol. The number of aryl methyl sites for hydroxylation is 1. The predicted octanol–water partition coefficient (Wildman–Crippen LogP) is 7.75. The maximum absolute atomic E-state index is 4.81. The number of hydrazone groups is 1. The molecule has 4 aromatic rings. The minimum atomic E-state index is 0.652. The first-order valence-corrected chi connectivity index (χ1v) is 12.0. The van der Waals surface area contributed by atoms with Crippen molar-refractivity contribution in [3.8, 4) is 22.6 Å². The maximum atomic E-state index is 4.81. The minimum absolute atomic E-state index is 0.652. The summed E-state index contributed by atoms with van der Waals surface area (Å²) in [5.41, 5.74) is 9.34. The minimum Gasteiger partial charge on any atom is -0.261 e. The zero-order valence-electron chi connectivity index (χ0n) is 18.9. The van der Waals surface area contributed by atoms with Gasteiger partial charge < -0.3 is 0 Å². The summed E-state index contributed by atoms with van der Waals surface area (Å²) in [6.45, 7) is 4.22. The van der Waals surface area contributed by atoms with Gasteiger partial charge in [-0.2, -0.15) is 5.10 Å². The number of benzene rings is 3. The molecule has 0 fully saturated rings. The fraction of sp³-hybridized carbons (Fsp3) is 0.179. The molecule has 3 aromatic carbocycles. The lowest BCUT2D eigenvalue weighted by atomic mass is 10.0. The van der Waals surface area contributed by atoms with Crippen LogP contribution in [0.25, 0.3) is 22.6 Å². The van der Waals surface area contributed by atoms with Crippen molar-refractivity contribution in [2.75, 3.05) is 5.43 Å². The Balaban J connectivity index is 1.62. The number of hydrogen-bond donors (Lipinski definition) is 1. The summed E-state index contributed by atoms with van der Waals surface area (Å²) in [5, 5.41) is 4.61. The van der Waals surface area contributed by atoms with Crippen LogP contribution in [0.4, 0.5) is 5.82 Å². The summed E-state index contributed by atoms with van der Waals surface area (Å²) in [4.78, 5) is 9.54. The molecule has 0 amide bonds. The summed E-state index contributed by atoms with van der Waals surface area (Å²) in [5.74, 6) is 1.31. The van der Waals surface area contributed by atoms with Gasteiger partial charge in [-0.25, -0.2) is 9.97 Å². The molecule has 4 nitrogen and oxygen atoms in total. The third-order valence-electron chi connectivity index (χ3n) is 5.43. The summed E-state index contributed by atoms with van der Waals surface area (Å²) >= 11 is 3.49. The molecular weight excluding hydrogens is 472 g/mol. The van der Waals surface area contributed by atoms with E-state index in [1.807, 2.05) is 67.6 Å². The number of aromatic nitrogens is 2. The molecule has 0 aliphatic rings. The van der Waals surface area contributed by atoms with Crippen molar-refractivity contribution in [3.63, 3.8) is 0 Å². The average molecular weight is 499 g/mol. The Morgan fingerprint density at radius 2 is 1.61 bits per heavy atom. The van der Waals surface area contributed by atoms with E-state index in [4.69, 9.17) is 9.97 Å². The average Bonchev–Trinajstić information content (AvgIpc) is 2.87. The molecule has 0 atom stereocenters. The number of nitrogens with zero attached hydrogens (tertiary/aromatic N) is 3. The Kier molecular flexibility index (Phi) is 7.63. The highest BCUT2D eigenvalue weighted by Gasteiger charge is 2.09. The fourth-order valence-corrected chi connectivity index (χ4v) is 3.75. The van der Waals surface area contributed by atoms with Gasteiger partial charge in [0.1, 0.15) is 0 Å². The van der Waals surface area contributed by atoms with Crippen molar-refractivity contribution in [1.29, 1.82) is 0 Å². The van der Waals surface area contributed by atoms with Gasteiger partial charge >= 0.3 is 0 Å². The van der Waals surface area contributed by atoms with E-state index in [-0.39, 0.29) is 0 Å². The van der Waals surface area contributed by atoms with Crippen LogP contribution >= 0.6 is 15.9 Å². The van der Waals surface area contributed by atoms with E-state index >= 15 is 0 Å². The largest absolute Gasteiger partial charge is 0.261 e. The first kappa shape index (κ1) is 22.9. The van der Waals surface area contributed by atoms with Gasteiger partial charge in [-0.3, -0.25) is 5.43 Å². The van der Waals surface area contributed by atoms with E-state index in [1.54, 1.807) is 0 Å². The number of anilines is 1. The van der Waals surface area contributed by atoms with Crippen molar-refractivity contribution in [1.82, 2.24) is 9.97 Å². The molecule has 166 valence electrons. The van der Waals surface area contributed by atoms with Crippen molar-refractivity contribution in [2.45, 2.75) is 33.1 Å². The molecule has 0 saturated carbocycles. The molecule has 1 N–H and O–H groups in total. The molecule has 1 aromatic heterocycles. The summed E-state index contributed by atoms with van der Waals surface area (Å²) < 4.78 is 1.02. The molecule has 0 spiro atoms. The van der Waals surface area contributed by atoms with Crippen LogP contribution in [0, 0.1) is 0 Å². The van der Waals surface area contributed by atoms with Crippen molar-refractivity contribution >= 4 is 27.5 Å². The van der Waals surface area contributed by atoms with Gasteiger partial charge in [-0.05, 0) is 43.0 Å². The lowest BCUT2D eigenvalue weighted by Crippen LogP contribution is -2.03. The van der Waals surface area contributed by atoms with Gasteiger partial charge in [-0.15, -0.1) is 0 Å². The van der Waals surface area contributed by atoms with E-state index in [2.05, 4.69) is 57.6 Å². The zero-order chi connectivity index (χ0) is 23.0. The number of hydrogen-bond acceptors (Lipinski definition) is 4. The van der Waals surface area contributed by atoms with Gasteiger partial charge in [0.25, 0.3) is 0 Å². The Bertz CT molecular complexity index is 1220. The molecule has 0 unspecified atom stereocenters. The van der Waals surface area contributed by atoms with Crippen molar-refractivity contribution in [3.05, 3.63) is 101 Å². The van der Waals surface area contributed by atoms with Crippen molar-refractivity contribution in [2.24, 2.45) is 5.10 Å². The quantitative estimate of drug-likeness (QED) is 0.199. The van der Waals surface area contributed by atoms with E-state index in [1.165, 1.54) is 18.4 Å². The topological polar surface area (TPSA) is 50.2 Å². The molecule has 0 bridgehead atoms. The second-order valence-electron chi connectivity index (χ2n) is 7.94. The molecule has 5 heteroatoms. The smallest absolute Gasteiger partial charge is 0.162 e. The SMILES string of the molecule is CCCCc1ccc(C(C)=NNc2cc(-c3ccccc3)nc(-c3ccc(Br)cc3)n2)cc1. The molecule has 33 heavy (non-hydrogen) atoms. The first-order valence-electron chi connectivity index (χ1n) is 11.2. The Morgan fingerprint density at radius 1 is 0.879 bits per heavy atom. The Hall–Kier alpha value is -3.31. The second-order valence-corrected chi connectivity index (χ2v) is 8.86. The van der Waals surface area contributed by atoms with Crippen LogP contribution in [-0.2, 0) is 6.42 Å². The van der Waals surface area contributed by atoms with Gasteiger partial charge in [0, 0.05) is 21.7 Å². The van der Waals surface area contributed by atoms with Crippen LogP contribution in [0.5, 0.6) is 0 Å². The summed E-state index contributed by atoms with van der Waals surface area (Å²) in [7, 11) is 0. The zero-order valence-corrected chi connectivity index (χ0v) is 20.5. The molecule has 1 heterocycles. The second kappa shape index (κ2) is 11.0. The van der Waals surface area contributed by atoms with Gasteiger partial charge in [0.05, 0.1) is 11.4 Å². The molecule has 0 aliphatic heterocycles. The van der Waals surface area contributed by atoms with Gasteiger partial charge in [0.15, 0.2) is 11.6 Å². The molecule has 4 rings (SSSR count). The molecule has 0 radical (unpaired) electrons. The lowest BCUT2D eigenvalue weighted by Gasteiger charge is -2.09. The van der Waals surface area contributed by atoms with Crippen LogP contribution in [0.2, 0.25) is 0 Å². The Morgan fingerprint density at radius 3 is 2.30 bits per heavy atom. The number of nitrogens with one attached hydrogen (secondary N) is 1. The Labute approximate surface area is 204 Å². The van der Waals surface area contributed by atoms with Gasteiger partial charge in [0.2, 0.25) is 0 Å². The molecule has 0 aliphatic carbocycles. The van der Waals surface area contributed by atoms with E-state index in [9.17, 15) is 0 Å². The van der Waals surface area contributed by atoms with E-state index < -0.39 is 0 Å². The third-order valence-corrected chi connectivity index (χ3v) is 5.96. The monoisotopic (exact) mass is 498 g/mol. The number of rotatable bonds is 8. The fourth-order valence-electron chi connectivity index (χ4n) is 3.49. The van der Waals surface area contributed by atoms with Crippen LogP contribution < -0.4 is 5.43 Å². The third kappa shape index (κ3) is 6.14. The number of halogens is 1. The van der Waals surface area contributed by atoms with Gasteiger partial charge in [-0.1, -0.05) is 96.0 Å². The maximum Gasteiger partial charge on any atom is 0.162 e. The lowest BCUT2D eigenvalue weighted by molar-refractivity contribution is 0.795. The van der Waals surface area contributed by atoms with Crippen LogP contribution in [0.1, 0.15) is 37.8 Å². The van der Waals surface area contributed by atoms with Crippen LogP contribution in [0.3, 0.4) is 0 Å². The van der Waals surface area contributed by atoms with Crippen LogP contribution in [0.15, 0.2) is 94.5 Å². The highest BCUT2D eigenvalue weighted by molar-refractivity contribution is 9.10. The van der Waals surface area contributed by atoms with E-state index in [0.717, 1.165) is 39.0 Å². The molecule has 0 saturated heterocycles. The van der Waals surface area contributed by atoms with Crippen LogP contribution in [-0.4, -0.2) is 15.7 Å². The van der Waals surface area contributed by atoms with E-state index in [0.29, 0.717) is 11.6 Å². The highest BCUT2D eigenvalue weighted by Crippen LogP contribution is 2.25.